The fraction of sp³-hybridized carbons (Fsp3) is 1.00. The molecule has 1 heterocycles. The van der Waals surface area contributed by atoms with Crippen molar-refractivity contribution in [2.24, 2.45) is 11.8 Å². The normalized spacial score (nSPS) is 28.7. The van der Waals surface area contributed by atoms with Gasteiger partial charge in [0.1, 0.15) is 0 Å². The Labute approximate surface area is 112 Å². The van der Waals surface area contributed by atoms with Gasteiger partial charge in [0.15, 0.2) is 0 Å². The van der Waals surface area contributed by atoms with Crippen molar-refractivity contribution in [3.05, 3.63) is 0 Å². The summed E-state index contributed by atoms with van der Waals surface area (Å²) in [6.07, 6.45) is 12.8. The molecule has 1 aliphatic heterocycles. The molecule has 0 amide bonds. The van der Waals surface area contributed by atoms with Gasteiger partial charge in [0.05, 0.1) is 5.60 Å². The number of hydrogen-bond donors (Lipinski definition) is 2. The van der Waals surface area contributed by atoms with E-state index in [4.69, 9.17) is 10.6 Å². The maximum absolute atomic E-state index is 6.11. The quantitative estimate of drug-likeness (QED) is 0.435. The van der Waals surface area contributed by atoms with E-state index in [1.54, 1.807) is 0 Å². The fourth-order valence-electron chi connectivity index (χ4n) is 3.85. The van der Waals surface area contributed by atoms with Gasteiger partial charge in [0, 0.05) is 12.6 Å². The van der Waals surface area contributed by atoms with Crippen LogP contribution in [0.3, 0.4) is 0 Å². The first-order chi connectivity index (χ1) is 8.79. The zero-order valence-electron chi connectivity index (χ0n) is 11.9. The van der Waals surface area contributed by atoms with Gasteiger partial charge in [0.25, 0.3) is 0 Å². The Morgan fingerprint density at radius 2 is 2.11 bits per heavy atom. The molecule has 2 aliphatic rings. The van der Waals surface area contributed by atoms with Gasteiger partial charge in [0.2, 0.25) is 0 Å². The molecule has 18 heavy (non-hydrogen) atoms. The molecule has 3 N–H and O–H groups in total. The van der Waals surface area contributed by atoms with Crippen molar-refractivity contribution in [2.45, 2.75) is 82.8 Å². The number of nitrogens with one attached hydrogen (secondary N) is 1. The molecule has 0 aromatic carbocycles. The average molecular weight is 254 g/mol. The van der Waals surface area contributed by atoms with Gasteiger partial charge in [-0.15, -0.1) is 0 Å². The summed E-state index contributed by atoms with van der Waals surface area (Å²) in [4.78, 5) is 0. The third-order valence-electron chi connectivity index (χ3n) is 4.95. The Morgan fingerprint density at radius 3 is 2.78 bits per heavy atom. The van der Waals surface area contributed by atoms with Crippen molar-refractivity contribution in [3.8, 4) is 0 Å². The maximum atomic E-state index is 6.11. The third-order valence-corrected chi connectivity index (χ3v) is 4.95. The number of unbranched alkanes of at least 4 members (excludes halogenated alkanes) is 2. The zero-order chi connectivity index (χ0) is 12.8. The smallest absolute Gasteiger partial charge is 0.0685 e. The van der Waals surface area contributed by atoms with E-state index < -0.39 is 0 Å². The second kappa shape index (κ2) is 6.88. The predicted octanol–water partition coefficient (Wildman–Crippen LogP) is 3.14. The largest absolute Gasteiger partial charge is 0.375 e. The minimum atomic E-state index is 0.225. The highest BCUT2D eigenvalue weighted by Crippen LogP contribution is 2.43. The van der Waals surface area contributed by atoms with Crippen LogP contribution in [0.25, 0.3) is 0 Å². The Morgan fingerprint density at radius 1 is 1.33 bits per heavy atom. The Balaban J connectivity index is 1.85. The molecule has 0 aromatic rings. The maximum Gasteiger partial charge on any atom is 0.0685 e. The van der Waals surface area contributed by atoms with Crippen molar-refractivity contribution >= 4 is 0 Å². The SMILES string of the molecule is CCCCCC(NN)C1CCOC2(CCCC2)C1. The fourth-order valence-corrected chi connectivity index (χ4v) is 3.85. The van der Waals surface area contributed by atoms with E-state index in [9.17, 15) is 0 Å². The second-order valence-corrected chi connectivity index (χ2v) is 6.26. The number of ether oxygens (including phenoxy) is 1. The number of hydrogen-bond acceptors (Lipinski definition) is 3. The molecule has 0 aromatic heterocycles. The van der Waals surface area contributed by atoms with Crippen molar-refractivity contribution in [3.63, 3.8) is 0 Å². The summed E-state index contributed by atoms with van der Waals surface area (Å²) in [5.41, 5.74) is 3.31. The van der Waals surface area contributed by atoms with E-state index in [2.05, 4.69) is 12.3 Å². The van der Waals surface area contributed by atoms with Crippen LogP contribution in [0, 0.1) is 5.92 Å². The average Bonchev–Trinajstić information content (AvgIpc) is 2.83. The molecular formula is C15H30N2O. The van der Waals surface area contributed by atoms with E-state index >= 15 is 0 Å². The van der Waals surface area contributed by atoms with E-state index in [0.717, 1.165) is 12.5 Å². The first-order valence-corrected chi connectivity index (χ1v) is 7.90. The van der Waals surface area contributed by atoms with Gasteiger partial charge in [-0.2, -0.15) is 0 Å². The molecule has 1 saturated heterocycles. The van der Waals surface area contributed by atoms with Gasteiger partial charge >= 0.3 is 0 Å². The first-order valence-electron chi connectivity index (χ1n) is 7.90. The lowest BCUT2D eigenvalue weighted by Gasteiger charge is -2.41. The van der Waals surface area contributed by atoms with Crippen molar-refractivity contribution < 1.29 is 4.74 Å². The standard InChI is InChI=1S/C15H30N2O/c1-2-3-4-7-14(17-16)13-8-11-18-15(12-13)9-5-6-10-15/h13-14,17H,2-12,16H2,1H3. The first kappa shape index (κ1) is 14.3. The molecule has 3 heteroatoms. The highest BCUT2D eigenvalue weighted by atomic mass is 16.5. The summed E-state index contributed by atoms with van der Waals surface area (Å²) < 4.78 is 6.11. The highest BCUT2D eigenvalue weighted by Gasteiger charge is 2.41. The Kier molecular flexibility index (Phi) is 5.46. The minimum Gasteiger partial charge on any atom is -0.375 e. The zero-order valence-corrected chi connectivity index (χ0v) is 11.9. The topological polar surface area (TPSA) is 47.3 Å². The van der Waals surface area contributed by atoms with Crippen molar-refractivity contribution in [2.75, 3.05) is 6.61 Å². The molecule has 2 unspecified atom stereocenters. The van der Waals surface area contributed by atoms with E-state index in [-0.39, 0.29) is 5.60 Å². The van der Waals surface area contributed by atoms with Crippen LogP contribution in [0.5, 0.6) is 0 Å². The van der Waals surface area contributed by atoms with Crippen molar-refractivity contribution in [1.82, 2.24) is 5.43 Å². The molecule has 1 aliphatic carbocycles. The van der Waals surface area contributed by atoms with Crippen LogP contribution in [0.2, 0.25) is 0 Å². The summed E-state index contributed by atoms with van der Waals surface area (Å²) in [6, 6.07) is 0.498. The molecule has 2 rings (SSSR count). The Hall–Kier alpha value is -0.120. The minimum absolute atomic E-state index is 0.225. The van der Waals surface area contributed by atoms with Gasteiger partial charge in [-0.25, -0.2) is 0 Å². The van der Waals surface area contributed by atoms with E-state index in [0.29, 0.717) is 6.04 Å². The van der Waals surface area contributed by atoms with Gasteiger partial charge in [-0.1, -0.05) is 39.0 Å². The van der Waals surface area contributed by atoms with Crippen LogP contribution in [0.4, 0.5) is 0 Å². The molecule has 1 spiro atoms. The molecular weight excluding hydrogens is 224 g/mol. The summed E-state index contributed by atoms with van der Waals surface area (Å²) in [7, 11) is 0. The lowest BCUT2D eigenvalue weighted by atomic mass is 9.79. The molecule has 3 nitrogen and oxygen atoms in total. The molecule has 0 bridgehead atoms. The van der Waals surface area contributed by atoms with Crippen LogP contribution in [0.1, 0.15) is 71.1 Å². The van der Waals surface area contributed by atoms with Crippen LogP contribution in [-0.4, -0.2) is 18.2 Å². The summed E-state index contributed by atoms with van der Waals surface area (Å²) >= 11 is 0. The highest BCUT2D eigenvalue weighted by molar-refractivity contribution is 4.93. The van der Waals surface area contributed by atoms with Crippen molar-refractivity contribution in [1.29, 1.82) is 0 Å². The lowest BCUT2D eigenvalue weighted by molar-refractivity contribution is -0.0983. The molecule has 0 radical (unpaired) electrons. The molecule has 1 saturated carbocycles. The monoisotopic (exact) mass is 254 g/mol. The van der Waals surface area contributed by atoms with Crippen LogP contribution >= 0.6 is 0 Å². The van der Waals surface area contributed by atoms with E-state index in [1.165, 1.54) is 64.2 Å². The summed E-state index contributed by atoms with van der Waals surface area (Å²) in [5.74, 6) is 6.50. The molecule has 2 atom stereocenters. The van der Waals surface area contributed by atoms with Crippen LogP contribution < -0.4 is 11.3 Å². The van der Waals surface area contributed by atoms with E-state index in [1.807, 2.05) is 0 Å². The summed E-state index contributed by atoms with van der Waals surface area (Å²) in [5, 5.41) is 0. The number of nitrogens with two attached hydrogens (primary N) is 1. The van der Waals surface area contributed by atoms with Gasteiger partial charge in [-0.05, 0) is 38.0 Å². The summed E-state index contributed by atoms with van der Waals surface area (Å²) in [6.45, 7) is 3.20. The lowest BCUT2D eigenvalue weighted by Crippen LogP contribution is -2.47. The Bertz CT molecular complexity index is 239. The second-order valence-electron chi connectivity index (χ2n) is 6.26. The number of rotatable bonds is 6. The third kappa shape index (κ3) is 3.46. The van der Waals surface area contributed by atoms with Gasteiger partial charge in [-0.3, -0.25) is 11.3 Å². The molecule has 106 valence electrons. The molecule has 2 fully saturated rings. The van der Waals surface area contributed by atoms with Crippen LogP contribution in [-0.2, 0) is 4.74 Å². The number of hydrazine groups is 1. The predicted molar refractivity (Wildman–Crippen MR) is 75.1 cm³/mol. The van der Waals surface area contributed by atoms with Crippen LogP contribution in [0.15, 0.2) is 0 Å². The van der Waals surface area contributed by atoms with Gasteiger partial charge < -0.3 is 4.74 Å².